The quantitative estimate of drug-likeness (QED) is 0.552. The molecule has 12 heavy (non-hydrogen) atoms. The first-order chi connectivity index (χ1) is 5.34. The van der Waals surface area contributed by atoms with Crippen LogP contribution < -0.4 is 0 Å². The third-order valence-electron chi connectivity index (χ3n) is 1.70. The zero-order valence-electron chi connectivity index (χ0n) is 7.68. The highest BCUT2D eigenvalue weighted by molar-refractivity contribution is 9.10. The van der Waals surface area contributed by atoms with E-state index in [-0.39, 0.29) is 11.8 Å². The van der Waals surface area contributed by atoms with Crippen molar-refractivity contribution in [2.45, 2.75) is 25.6 Å². The molecule has 0 saturated carbocycles. The number of halogens is 1. The third kappa shape index (κ3) is 2.30. The molecule has 3 nitrogen and oxygen atoms in total. The molecule has 1 atom stereocenters. The fraction of sp³-hybridized carbons (Fsp3) is 0.750. The summed E-state index contributed by atoms with van der Waals surface area (Å²) >= 11 is 3.15. The Morgan fingerprint density at radius 1 is 1.42 bits per heavy atom. The van der Waals surface area contributed by atoms with Gasteiger partial charge in [-0.15, -0.1) is 0 Å². The first-order valence-corrected chi connectivity index (χ1v) is 4.48. The van der Waals surface area contributed by atoms with E-state index in [1.807, 2.05) is 0 Å². The van der Waals surface area contributed by atoms with E-state index in [4.69, 9.17) is 0 Å². The minimum atomic E-state index is -0.805. The van der Waals surface area contributed by atoms with Crippen molar-refractivity contribution < 1.29 is 14.3 Å². The summed E-state index contributed by atoms with van der Waals surface area (Å²) in [7, 11) is 1.31. The Balaban J connectivity index is 4.60. The van der Waals surface area contributed by atoms with Crippen LogP contribution in [0.2, 0.25) is 0 Å². The van der Waals surface area contributed by atoms with Gasteiger partial charge in [0.15, 0.2) is 0 Å². The molecule has 0 aliphatic carbocycles. The summed E-state index contributed by atoms with van der Waals surface area (Å²) in [6.07, 6.45) is 0. The molecule has 0 aliphatic rings. The number of hydrogen-bond acceptors (Lipinski definition) is 3. The van der Waals surface area contributed by atoms with Crippen molar-refractivity contribution in [1.29, 1.82) is 0 Å². The van der Waals surface area contributed by atoms with Gasteiger partial charge >= 0.3 is 5.97 Å². The summed E-state index contributed by atoms with van der Waals surface area (Å²) in [5.41, 5.74) is -0.805. The second kappa shape index (κ2) is 4.03. The summed E-state index contributed by atoms with van der Waals surface area (Å²) in [4.78, 5) is 21.6. The third-order valence-corrected chi connectivity index (χ3v) is 3.49. The van der Waals surface area contributed by atoms with Crippen LogP contribution in [0.3, 0.4) is 0 Å². The number of ketones is 1. The Morgan fingerprint density at radius 3 is 2.08 bits per heavy atom. The first kappa shape index (κ1) is 11.6. The number of carbonyl (C=O) groups is 2. The van der Waals surface area contributed by atoms with Crippen LogP contribution >= 0.6 is 15.9 Å². The molecular formula is C8H13BrO3. The Kier molecular flexibility index (Phi) is 3.90. The Morgan fingerprint density at radius 2 is 1.83 bits per heavy atom. The maximum absolute atomic E-state index is 11.2. The van der Waals surface area contributed by atoms with Crippen molar-refractivity contribution in [2.75, 3.05) is 7.11 Å². The minimum Gasteiger partial charge on any atom is -0.469 e. The van der Waals surface area contributed by atoms with Crippen LogP contribution in [0.4, 0.5) is 0 Å². The second-order valence-corrected chi connectivity index (χ2v) is 4.10. The molecule has 0 fully saturated rings. The number of hydrogen-bond donors (Lipinski definition) is 0. The topological polar surface area (TPSA) is 43.4 Å². The lowest BCUT2D eigenvalue weighted by atomic mass is 9.88. The van der Waals surface area contributed by atoms with Crippen LogP contribution in [0.5, 0.6) is 0 Å². The Hall–Kier alpha value is -0.380. The molecule has 0 aromatic heterocycles. The number of alkyl halides is 1. The van der Waals surface area contributed by atoms with Crippen LogP contribution in [-0.4, -0.2) is 23.7 Å². The average molecular weight is 237 g/mol. The molecule has 0 aliphatic heterocycles. The molecule has 4 heteroatoms. The molecule has 0 rings (SSSR count). The molecule has 0 aromatic rings. The van der Waals surface area contributed by atoms with Gasteiger partial charge in [0.1, 0.15) is 5.78 Å². The lowest BCUT2D eigenvalue weighted by molar-refractivity contribution is -0.152. The highest BCUT2D eigenvalue weighted by Crippen LogP contribution is 2.28. The maximum Gasteiger partial charge on any atom is 0.312 e. The Bertz CT molecular complexity index is 198. The summed E-state index contributed by atoms with van der Waals surface area (Å²) in [6.45, 7) is 4.77. The number of esters is 1. The molecule has 0 amide bonds. The van der Waals surface area contributed by atoms with Crippen molar-refractivity contribution in [3.05, 3.63) is 0 Å². The number of methoxy groups -OCH3 is 1. The molecular weight excluding hydrogens is 224 g/mol. The predicted octanol–water partition coefficient (Wildman–Crippen LogP) is 1.54. The number of ether oxygens (including phenoxy) is 1. The van der Waals surface area contributed by atoms with Gasteiger partial charge in [0.25, 0.3) is 0 Å². The lowest BCUT2D eigenvalue weighted by Gasteiger charge is -2.25. The van der Waals surface area contributed by atoms with E-state index in [0.29, 0.717) is 0 Å². The van der Waals surface area contributed by atoms with Gasteiger partial charge in [0, 0.05) is 0 Å². The van der Waals surface area contributed by atoms with Crippen LogP contribution in [0.25, 0.3) is 0 Å². The highest BCUT2D eigenvalue weighted by Gasteiger charge is 2.38. The molecule has 0 bridgehead atoms. The van der Waals surface area contributed by atoms with Crippen LogP contribution in [0.15, 0.2) is 0 Å². The van der Waals surface area contributed by atoms with Gasteiger partial charge in [-0.05, 0) is 20.8 Å². The van der Waals surface area contributed by atoms with E-state index in [9.17, 15) is 9.59 Å². The van der Waals surface area contributed by atoms with E-state index in [1.54, 1.807) is 13.8 Å². The summed E-state index contributed by atoms with van der Waals surface area (Å²) in [5, 5.41) is 0. The Labute approximate surface area is 80.6 Å². The molecule has 1 unspecified atom stereocenters. The van der Waals surface area contributed by atoms with Crippen molar-refractivity contribution in [2.24, 2.45) is 5.41 Å². The highest BCUT2D eigenvalue weighted by atomic mass is 79.9. The number of rotatable bonds is 3. The minimum absolute atomic E-state index is 0.0783. The molecule has 0 spiro atoms. The average Bonchev–Trinajstić information content (AvgIpc) is 2.01. The van der Waals surface area contributed by atoms with Gasteiger partial charge in [0.05, 0.1) is 17.4 Å². The smallest absolute Gasteiger partial charge is 0.312 e. The van der Waals surface area contributed by atoms with Crippen molar-refractivity contribution >= 4 is 27.7 Å². The van der Waals surface area contributed by atoms with Gasteiger partial charge in [-0.3, -0.25) is 9.59 Å². The largest absolute Gasteiger partial charge is 0.469 e. The summed E-state index contributed by atoms with van der Waals surface area (Å²) in [5.74, 6) is -0.468. The van der Waals surface area contributed by atoms with E-state index in [1.165, 1.54) is 14.0 Å². The fourth-order valence-electron chi connectivity index (χ4n) is 0.875. The maximum atomic E-state index is 11.2. The lowest BCUT2D eigenvalue weighted by Crippen LogP contribution is -2.38. The van der Waals surface area contributed by atoms with Gasteiger partial charge < -0.3 is 4.74 Å². The van der Waals surface area contributed by atoms with Gasteiger partial charge in [-0.2, -0.15) is 0 Å². The molecule has 0 radical (unpaired) electrons. The van der Waals surface area contributed by atoms with Gasteiger partial charge in [0.2, 0.25) is 0 Å². The van der Waals surface area contributed by atoms with Gasteiger partial charge in [-0.1, -0.05) is 15.9 Å². The number of Topliss-reactive ketones (excluding diaryl/α,β-unsaturated/α-hetero) is 1. The monoisotopic (exact) mass is 236 g/mol. The predicted molar refractivity (Wildman–Crippen MR) is 49.2 cm³/mol. The van der Waals surface area contributed by atoms with Crippen LogP contribution in [0.1, 0.15) is 20.8 Å². The summed E-state index contributed by atoms with van der Waals surface area (Å²) < 4.78 is 4.57. The van der Waals surface area contributed by atoms with E-state index in [0.717, 1.165) is 0 Å². The van der Waals surface area contributed by atoms with E-state index >= 15 is 0 Å². The molecule has 0 N–H and O–H groups in total. The first-order valence-electron chi connectivity index (χ1n) is 3.57. The fourth-order valence-corrected chi connectivity index (χ4v) is 1.06. The second-order valence-electron chi connectivity index (χ2n) is 3.19. The zero-order chi connectivity index (χ0) is 9.94. The van der Waals surface area contributed by atoms with Crippen LogP contribution in [-0.2, 0) is 14.3 Å². The summed E-state index contributed by atoms with van der Waals surface area (Å²) in [6, 6.07) is 0. The van der Waals surface area contributed by atoms with Gasteiger partial charge in [-0.25, -0.2) is 0 Å². The molecule has 0 aromatic carbocycles. The van der Waals surface area contributed by atoms with Crippen molar-refractivity contribution in [3.63, 3.8) is 0 Å². The van der Waals surface area contributed by atoms with E-state index in [2.05, 4.69) is 20.7 Å². The standard InChI is InChI=1S/C8H13BrO3/c1-5(10)6(9)8(2,3)7(11)12-4/h6H,1-4H3. The van der Waals surface area contributed by atoms with Crippen molar-refractivity contribution in [1.82, 2.24) is 0 Å². The zero-order valence-corrected chi connectivity index (χ0v) is 9.27. The normalized spacial score (nSPS) is 13.8. The molecule has 0 heterocycles. The molecule has 0 saturated heterocycles. The SMILES string of the molecule is COC(=O)C(C)(C)C(Br)C(C)=O. The van der Waals surface area contributed by atoms with E-state index < -0.39 is 10.2 Å². The van der Waals surface area contributed by atoms with Crippen LogP contribution in [0, 0.1) is 5.41 Å². The van der Waals surface area contributed by atoms with Crippen molar-refractivity contribution in [3.8, 4) is 0 Å². The number of carbonyl (C=O) groups excluding carboxylic acids is 2. The molecule has 70 valence electrons.